The van der Waals surface area contributed by atoms with Gasteiger partial charge >= 0.3 is 0 Å². The summed E-state index contributed by atoms with van der Waals surface area (Å²) in [6.07, 6.45) is -0.413. The molecule has 0 heterocycles. The fourth-order valence-electron chi connectivity index (χ4n) is 1.89. The number of hydrogen-bond donors (Lipinski definition) is 1. The highest BCUT2D eigenvalue weighted by atomic mass is 16.3. The molecule has 0 fully saturated rings. The first-order chi connectivity index (χ1) is 8.58. The SMILES string of the molecule is Cc1ccc(N(C)c2ccc([C@@H](C)O)cc2)cc1. The molecular formula is C16H19NO. The zero-order valence-electron chi connectivity index (χ0n) is 11.1. The van der Waals surface area contributed by atoms with Crippen LogP contribution in [0.15, 0.2) is 48.5 Å². The van der Waals surface area contributed by atoms with E-state index < -0.39 is 6.10 Å². The lowest BCUT2D eigenvalue weighted by Gasteiger charge is -2.20. The van der Waals surface area contributed by atoms with Crippen molar-refractivity contribution in [2.75, 3.05) is 11.9 Å². The summed E-state index contributed by atoms with van der Waals surface area (Å²) in [7, 11) is 2.04. The summed E-state index contributed by atoms with van der Waals surface area (Å²) >= 11 is 0. The van der Waals surface area contributed by atoms with Crippen LogP contribution in [-0.4, -0.2) is 12.2 Å². The number of aliphatic hydroxyl groups excluding tert-OH is 1. The molecule has 18 heavy (non-hydrogen) atoms. The van der Waals surface area contributed by atoms with Crippen molar-refractivity contribution in [3.63, 3.8) is 0 Å². The first kappa shape index (κ1) is 12.7. The lowest BCUT2D eigenvalue weighted by Crippen LogP contribution is -2.09. The van der Waals surface area contributed by atoms with Crippen molar-refractivity contribution < 1.29 is 5.11 Å². The van der Waals surface area contributed by atoms with Crippen molar-refractivity contribution >= 4 is 11.4 Å². The third-order valence-corrected chi connectivity index (χ3v) is 3.18. The fourth-order valence-corrected chi connectivity index (χ4v) is 1.89. The Morgan fingerprint density at radius 3 is 1.78 bits per heavy atom. The maximum Gasteiger partial charge on any atom is 0.0761 e. The normalized spacial score (nSPS) is 12.2. The van der Waals surface area contributed by atoms with Gasteiger partial charge in [0.15, 0.2) is 0 Å². The van der Waals surface area contributed by atoms with Gasteiger partial charge < -0.3 is 10.0 Å². The van der Waals surface area contributed by atoms with Gasteiger partial charge in [-0.15, -0.1) is 0 Å². The summed E-state index contributed by atoms with van der Waals surface area (Å²) in [6.45, 7) is 3.86. The van der Waals surface area contributed by atoms with E-state index in [1.165, 1.54) is 5.56 Å². The van der Waals surface area contributed by atoms with Crippen LogP contribution in [0.4, 0.5) is 11.4 Å². The molecule has 0 unspecified atom stereocenters. The van der Waals surface area contributed by atoms with Crippen molar-refractivity contribution in [3.8, 4) is 0 Å². The van der Waals surface area contributed by atoms with E-state index in [0.717, 1.165) is 16.9 Å². The summed E-state index contributed by atoms with van der Waals surface area (Å²) in [4.78, 5) is 2.13. The molecule has 0 aliphatic carbocycles. The quantitative estimate of drug-likeness (QED) is 0.883. The molecule has 0 radical (unpaired) electrons. The summed E-state index contributed by atoms with van der Waals surface area (Å²) in [5.74, 6) is 0. The van der Waals surface area contributed by atoms with Gasteiger partial charge in [0.2, 0.25) is 0 Å². The average Bonchev–Trinajstić information content (AvgIpc) is 2.39. The molecule has 1 N–H and O–H groups in total. The van der Waals surface area contributed by atoms with Crippen LogP contribution in [0.2, 0.25) is 0 Å². The molecule has 1 atom stereocenters. The molecule has 0 saturated heterocycles. The Kier molecular flexibility index (Phi) is 3.68. The third-order valence-electron chi connectivity index (χ3n) is 3.18. The van der Waals surface area contributed by atoms with Crippen LogP contribution in [0, 0.1) is 6.92 Å². The summed E-state index contributed by atoms with van der Waals surface area (Å²) < 4.78 is 0. The molecule has 0 bridgehead atoms. The van der Waals surface area contributed by atoms with Crippen molar-refractivity contribution in [1.29, 1.82) is 0 Å². The zero-order chi connectivity index (χ0) is 13.1. The highest BCUT2D eigenvalue weighted by molar-refractivity contribution is 5.62. The third kappa shape index (κ3) is 2.71. The Bertz CT molecular complexity index is 500. The van der Waals surface area contributed by atoms with Gasteiger partial charge in [-0.25, -0.2) is 0 Å². The van der Waals surface area contributed by atoms with Crippen LogP contribution in [-0.2, 0) is 0 Å². The van der Waals surface area contributed by atoms with E-state index in [-0.39, 0.29) is 0 Å². The van der Waals surface area contributed by atoms with Crippen LogP contribution in [0.25, 0.3) is 0 Å². The molecule has 0 saturated carbocycles. The summed E-state index contributed by atoms with van der Waals surface area (Å²) in [6, 6.07) is 16.4. The molecule has 0 aliphatic rings. The molecule has 0 aliphatic heterocycles. The summed E-state index contributed by atoms with van der Waals surface area (Å²) in [5.41, 5.74) is 4.47. The molecule has 2 nitrogen and oxygen atoms in total. The number of anilines is 2. The van der Waals surface area contributed by atoms with E-state index in [1.807, 2.05) is 31.3 Å². The first-order valence-corrected chi connectivity index (χ1v) is 6.16. The van der Waals surface area contributed by atoms with Gasteiger partial charge in [0.05, 0.1) is 6.10 Å². The van der Waals surface area contributed by atoms with E-state index >= 15 is 0 Å². The predicted molar refractivity (Wildman–Crippen MR) is 76.3 cm³/mol. The van der Waals surface area contributed by atoms with E-state index in [4.69, 9.17) is 0 Å². The molecule has 2 heteroatoms. The fraction of sp³-hybridized carbons (Fsp3) is 0.250. The van der Waals surface area contributed by atoms with Crippen molar-refractivity contribution in [1.82, 2.24) is 0 Å². The van der Waals surface area contributed by atoms with Crippen LogP contribution in [0.3, 0.4) is 0 Å². The Labute approximate surface area is 109 Å². The minimum absolute atomic E-state index is 0.413. The van der Waals surface area contributed by atoms with Crippen molar-refractivity contribution in [2.45, 2.75) is 20.0 Å². The molecule has 2 rings (SSSR count). The molecule has 0 amide bonds. The van der Waals surface area contributed by atoms with Gasteiger partial charge in [-0.1, -0.05) is 29.8 Å². The second kappa shape index (κ2) is 5.23. The standard InChI is InChI=1S/C16H19NO/c1-12-4-8-15(9-5-12)17(3)16-10-6-14(7-11-16)13(2)18/h4-11,13,18H,1-3H3/t13-/m1/s1. The minimum Gasteiger partial charge on any atom is -0.389 e. The smallest absolute Gasteiger partial charge is 0.0761 e. The number of benzene rings is 2. The number of aryl methyl sites for hydroxylation is 1. The minimum atomic E-state index is -0.413. The molecule has 0 aromatic heterocycles. The zero-order valence-corrected chi connectivity index (χ0v) is 11.1. The van der Waals surface area contributed by atoms with Gasteiger partial charge in [-0.3, -0.25) is 0 Å². The van der Waals surface area contributed by atoms with Gasteiger partial charge in [-0.05, 0) is 43.7 Å². The molecule has 2 aromatic carbocycles. The molecular weight excluding hydrogens is 222 g/mol. The van der Waals surface area contributed by atoms with Gasteiger partial charge in [-0.2, -0.15) is 0 Å². The predicted octanol–water partition coefficient (Wildman–Crippen LogP) is 3.82. The van der Waals surface area contributed by atoms with Crippen LogP contribution in [0.5, 0.6) is 0 Å². The van der Waals surface area contributed by atoms with Gasteiger partial charge in [0, 0.05) is 18.4 Å². The largest absolute Gasteiger partial charge is 0.389 e. The molecule has 94 valence electrons. The van der Waals surface area contributed by atoms with Crippen LogP contribution >= 0.6 is 0 Å². The second-order valence-corrected chi connectivity index (χ2v) is 4.66. The Hall–Kier alpha value is -1.80. The Morgan fingerprint density at radius 2 is 1.33 bits per heavy atom. The Balaban J connectivity index is 2.23. The average molecular weight is 241 g/mol. The topological polar surface area (TPSA) is 23.5 Å². The monoisotopic (exact) mass is 241 g/mol. The summed E-state index contributed by atoms with van der Waals surface area (Å²) in [5, 5.41) is 9.49. The molecule has 2 aromatic rings. The van der Waals surface area contributed by atoms with Crippen molar-refractivity contribution in [3.05, 3.63) is 59.7 Å². The van der Waals surface area contributed by atoms with Gasteiger partial charge in [0.1, 0.15) is 0 Å². The van der Waals surface area contributed by atoms with Gasteiger partial charge in [0.25, 0.3) is 0 Å². The Morgan fingerprint density at radius 1 is 0.889 bits per heavy atom. The molecule has 0 spiro atoms. The number of aliphatic hydroxyl groups is 1. The van der Waals surface area contributed by atoms with E-state index in [9.17, 15) is 5.11 Å². The highest BCUT2D eigenvalue weighted by Gasteiger charge is 2.05. The maximum atomic E-state index is 9.49. The van der Waals surface area contributed by atoms with Crippen LogP contribution < -0.4 is 4.90 Å². The first-order valence-electron chi connectivity index (χ1n) is 6.16. The highest BCUT2D eigenvalue weighted by Crippen LogP contribution is 2.25. The van der Waals surface area contributed by atoms with E-state index in [0.29, 0.717) is 0 Å². The maximum absolute atomic E-state index is 9.49. The lowest BCUT2D eigenvalue weighted by atomic mass is 10.1. The van der Waals surface area contributed by atoms with E-state index in [1.54, 1.807) is 6.92 Å². The number of rotatable bonds is 3. The van der Waals surface area contributed by atoms with Crippen LogP contribution in [0.1, 0.15) is 24.2 Å². The van der Waals surface area contributed by atoms with Crippen molar-refractivity contribution in [2.24, 2.45) is 0 Å². The lowest BCUT2D eigenvalue weighted by molar-refractivity contribution is 0.199. The number of nitrogens with zero attached hydrogens (tertiary/aromatic N) is 1. The second-order valence-electron chi connectivity index (χ2n) is 4.66. The number of hydrogen-bond acceptors (Lipinski definition) is 2. The van der Waals surface area contributed by atoms with E-state index in [2.05, 4.69) is 36.1 Å².